The number of amides is 1. The van der Waals surface area contributed by atoms with Crippen LogP contribution in [0.2, 0.25) is 0 Å². The smallest absolute Gasteiger partial charge is 0.276 e. The Hall–Kier alpha value is -3.81. The molecular formula is C20H22N6O2. The molecule has 0 fully saturated rings. The van der Waals surface area contributed by atoms with Gasteiger partial charge in [0.25, 0.3) is 5.91 Å². The van der Waals surface area contributed by atoms with Crippen LogP contribution in [-0.2, 0) is 11.3 Å². The zero-order chi connectivity index (χ0) is 19.8. The van der Waals surface area contributed by atoms with Crippen LogP contribution in [0.3, 0.4) is 0 Å². The highest BCUT2D eigenvalue weighted by Crippen LogP contribution is 2.22. The standard InChI is InChI=1S/C20H22N6O2/c1-14-7-9-15(10-8-14)11-22-19-18(21)20(24-13-23-19)26-25-17(27)12-28-16-5-3-2-4-6-16/h2-10,13H,11-12,21H2,1H3,(H,25,27)(H2,22,23,24,26). The third-order valence-electron chi connectivity index (χ3n) is 3.90. The number of carbonyl (C=O) groups is 1. The van der Waals surface area contributed by atoms with Crippen LogP contribution in [0.5, 0.6) is 5.75 Å². The summed E-state index contributed by atoms with van der Waals surface area (Å²) in [6, 6.07) is 17.2. The van der Waals surface area contributed by atoms with Gasteiger partial charge in [-0.1, -0.05) is 48.0 Å². The van der Waals surface area contributed by atoms with Crippen LogP contribution in [0.25, 0.3) is 0 Å². The third-order valence-corrected chi connectivity index (χ3v) is 3.90. The lowest BCUT2D eigenvalue weighted by atomic mass is 10.1. The van der Waals surface area contributed by atoms with Crippen LogP contribution in [0.4, 0.5) is 17.3 Å². The van der Waals surface area contributed by atoms with Crippen molar-refractivity contribution in [3.8, 4) is 5.75 Å². The molecule has 0 unspecified atom stereocenters. The molecule has 2 aromatic carbocycles. The highest BCUT2D eigenvalue weighted by Gasteiger charge is 2.09. The van der Waals surface area contributed by atoms with Crippen molar-refractivity contribution in [3.05, 3.63) is 72.1 Å². The predicted octanol–water partition coefficient (Wildman–Crippen LogP) is 2.50. The van der Waals surface area contributed by atoms with Crippen LogP contribution >= 0.6 is 0 Å². The summed E-state index contributed by atoms with van der Waals surface area (Å²) in [6.07, 6.45) is 1.36. The number of nitrogens with two attached hydrogens (primary N) is 1. The number of nitrogens with one attached hydrogen (secondary N) is 3. The minimum Gasteiger partial charge on any atom is -0.484 e. The first-order valence-electron chi connectivity index (χ1n) is 8.74. The topological polar surface area (TPSA) is 114 Å². The van der Waals surface area contributed by atoms with Crippen molar-refractivity contribution >= 4 is 23.2 Å². The first kappa shape index (κ1) is 19.0. The van der Waals surface area contributed by atoms with Crippen LogP contribution in [0.15, 0.2) is 60.9 Å². The summed E-state index contributed by atoms with van der Waals surface area (Å²) >= 11 is 0. The van der Waals surface area contributed by atoms with Crippen LogP contribution in [-0.4, -0.2) is 22.5 Å². The van der Waals surface area contributed by atoms with E-state index in [1.165, 1.54) is 11.9 Å². The maximum atomic E-state index is 11.9. The summed E-state index contributed by atoms with van der Waals surface area (Å²) in [6.45, 7) is 2.47. The molecule has 1 heterocycles. The summed E-state index contributed by atoms with van der Waals surface area (Å²) in [5, 5.41) is 3.17. The van der Waals surface area contributed by atoms with Gasteiger partial charge in [0.05, 0.1) is 0 Å². The molecule has 0 aliphatic heterocycles. The number of ether oxygens (including phenoxy) is 1. The zero-order valence-corrected chi connectivity index (χ0v) is 15.5. The fraction of sp³-hybridized carbons (Fsp3) is 0.150. The number of para-hydroxylation sites is 1. The molecule has 0 saturated heterocycles. The van der Waals surface area contributed by atoms with Crippen molar-refractivity contribution in [3.63, 3.8) is 0 Å². The third kappa shape index (κ3) is 5.34. The average Bonchev–Trinajstić information content (AvgIpc) is 2.72. The van der Waals surface area contributed by atoms with E-state index in [-0.39, 0.29) is 12.5 Å². The molecule has 0 saturated carbocycles. The number of hydrazine groups is 1. The van der Waals surface area contributed by atoms with E-state index in [0.717, 1.165) is 5.56 Å². The Labute approximate surface area is 163 Å². The van der Waals surface area contributed by atoms with Gasteiger partial charge in [-0.3, -0.25) is 15.6 Å². The van der Waals surface area contributed by atoms with Gasteiger partial charge in [-0.2, -0.15) is 0 Å². The van der Waals surface area contributed by atoms with E-state index in [9.17, 15) is 4.79 Å². The van der Waals surface area contributed by atoms with Crippen molar-refractivity contribution in [1.29, 1.82) is 0 Å². The second-order valence-electron chi connectivity index (χ2n) is 6.10. The Bertz CT molecular complexity index is 916. The Morgan fingerprint density at radius 1 is 1.04 bits per heavy atom. The monoisotopic (exact) mass is 378 g/mol. The normalized spacial score (nSPS) is 10.2. The number of nitrogen functional groups attached to an aromatic ring is 1. The van der Waals surface area contributed by atoms with Gasteiger partial charge >= 0.3 is 0 Å². The second kappa shape index (κ2) is 9.22. The molecule has 3 aromatic rings. The number of carbonyl (C=O) groups excluding carboxylic acids is 1. The van der Waals surface area contributed by atoms with E-state index in [1.54, 1.807) is 12.1 Å². The van der Waals surface area contributed by atoms with Crippen molar-refractivity contribution in [1.82, 2.24) is 15.4 Å². The molecule has 0 spiro atoms. The predicted molar refractivity (Wildman–Crippen MR) is 109 cm³/mol. The number of benzene rings is 2. The first-order chi connectivity index (χ1) is 13.6. The highest BCUT2D eigenvalue weighted by atomic mass is 16.5. The Kier molecular flexibility index (Phi) is 6.25. The van der Waals surface area contributed by atoms with Crippen LogP contribution < -0.4 is 26.6 Å². The Morgan fingerprint density at radius 2 is 1.75 bits per heavy atom. The minimum absolute atomic E-state index is 0.138. The van der Waals surface area contributed by atoms with Crippen molar-refractivity contribution in [2.45, 2.75) is 13.5 Å². The lowest BCUT2D eigenvalue weighted by Gasteiger charge is -2.13. The van der Waals surface area contributed by atoms with E-state index in [2.05, 4.69) is 26.1 Å². The number of aryl methyl sites for hydroxylation is 1. The van der Waals surface area contributed by atoms with Crippen molar-refractivity contribution in [2.75, 3.05) is 23.1 Å². The second-order valence-corrected chi connectivity index (χ2v) is 6.10. The van der Waals surface area contributed by atoms with Gasteiger partial charge in [0.1, 0.15) is 17.8 Å². The van der Waals surface area contributed by atoms with Crippen LogP contribution in [0.1, 0.15) is 11.1 Å². The lowest BCUT2D eigenvalue weighted by Crippen LogP contribution is -2.34. The molecule has 8 nitrogen and oxygen atoms in total. The molecular weight excluding hydrogens is 356 g/mol. The maximum Gasteiger partial charge on any atom is 0.276 e. The van der Waals surface area contributed by atoms with E-state index in [0.29, 0.717) is 29.6 Å². The summed E-state index contributed by atoms with van der Waals surface area (Å²) < 4.78 is 5.38. The Balaban J connectivity index is 1.52. The summed E-state index contributed by atoms with van der Waals surface area (Å²) in [5.41, 5.74) is 13.9. The van der Waals surface area contributed by atoms with Crippen molar-refractivity contribution < 1.29 is 9.53 Å². The summed E-state index contributed by atoms with van der Waals surface area (Å²) in [4.78, 5) is 20.1. The molecule has 1 amide bonds. The SMILES string of the molecule is Cc1ccc(CNc2ncnc(NNC(=O)COc3ccccc3)c2N)cc1. The van der Waals surface area contributed by atoms with Gasteiger partial charge in [-0.05, 0) is 24.6 Å². The Morgan fingerprint density at radius 3 is 2.50 bits per heavy atom. The summed E-state index contributed by atoms with van der Waals surface area (Å²) in [5.74, 6) is 1.03. The van der Waals surface area contributed by atoms with E-state index in [1.807, 2.05) is 49.4 Å². The van der Waals surface area contributed by atoms with Crippen LogP contribution in [0, 0.1) is 6.92 Å². The fourth-order valence-electron chi connectivity index (χ4n) is 2.36. The average molecular weight is 378 g/mol. The van der Waals surface area contributed by atoms with Crippen molar-refractivity contribution in [2.24, 2.45) is 0 Å². The molecule has 0 aliphatic carbocycles. The molecule has 8 heteroatoms. The molecule has 5 N–H and O–H groups in total. The van der Waals surface area contributed by atoms with Gasteiger partial charge in [-0.25, -0.2) is 9.97 Å². The zero-order valence-electron chi connectivity index (χ0n) is 15.5. The molecule has 144 valence electrons. The maximum absolute atomic E-state index is 11.9. The molecule has 0 aliphatic rings. The lowest BCUT2D eigenvalue weighted by molar-refractivity contribution is -0.122. The van der Waals surface area contributed by atoms with E-state index >= 15 is 0 Å². The largest absolute Gasteiger partial charge is 0.484 e. The van der Waals surface area contributed by atoms with Gasteiger partial charge in [-0.15, -0.1) is 0 Å². The van der Waals surface area contributed by atoms with Gasteiger partial charge < -0.3 is 15.8 Å². The summed E-state index contributed by atoms with van der Waals surface area (Å²) in [7, 11) is 0. The number of rotatable bonds is 8. The first-order valence-corrected chi connectivity index (χ1v) is 8.74. The minimum atomic E-state index is -0.365. The molecule has 0 atom stereocenters. The molecule has 28 heavy (non-hydrogen) atoms. The fourth-order valence-corrected chi connectivity index (χ4v) is 2.36. The molecule has 1 aromatic heterocycles. The number of nitrogens with zero attached hydrogens (tertiary/aromatic N) is 2. The van der Waals surface area contributed by atoms with Gasteiger partial charge in [0.15, 0.2) is 18.2 Å². The van der Waals surface area contributed by atoms with E-state index in [4.69, 9.17) is 10.5 Å². The molecule has 0 radical (unpaired) electrons. The van der Waals surface area contributed by atoms with Gasteiger partial charge in [0.2, 0.25) is 0 Å². The quantitative estimate of drug-likeness (QED) is 0.445. The van der Waals surface area contributed by atoms with E-state index < -0.39 is 0 Å². The number of hydrogen-bond donors (Lipinski definition) is 4. The highest BCUT2D eigenvalue weighted by molar-refractivity contribution is 5.81. The number of hydrogen-bond acceptors (Lipinski definition) is 7. The molecule has 3 rings (SSSR count). The molecule has 0 bridgehead atoms. The number of anilines is 3. The number of aromatic nitrogens is 2. The van der Waals surface area contributed by atoms with Gasteiger partial charge in [0, 0.05) is 6.54 Å².